The molecule has 0 radical (unpaired) electrons. The Bertz CT molecular complexity index is 1550. The van der Waals surface area contributed by atoms with Gasteiger partial charge in [0.2, 0.25) is 23.6 Å². The van der Waals surface area contributed by atoms with Gasteiger partial charge in [-0.2, -0.15) is 4.98 Å². The zero-order valence-corrected chi connectivity index (χ0v) is 25.5. The van der Waals surface area contributed by atoms with Gasteiger partial charge in [0.05, 0.1) is 12.1 Å². The fraction of sp³-hybridized carbons (Fsp3) is 0.438. The number of phenolic OH excluding ortho intramolecular Hbond substituents is 1. The lowest BCUT2D eigenvalue weighted by molar-refractivity contribution is -0.132. The van der Waals surface area contributed by atoms with Gasteiger partial charge in [-0.05, 0) is 61.6 Å². The molecule has 1 aromatic heterocycles. The van der Waals surface area contributed by atoms with Crippen molar-refractivity contribution in [3.63, 3.8) is 0 Å². The van der Waals surface area contributed by atoms with E-state index < -0.39 is 41.8 Å². The molecule has 1 fully saturated rings. The van der Waals surface area contributed by atoms with Gasteiger partial charge in [-0.15, -0.1) is 0 Å². The SMILES string of the molecule is CC(C)[C@@H]1NC(=O)c2cc(ccc2O)Oc2ccc(cc2)C[C@@H](C(=O)NCc2noc(C3CCCC3)n2)NC(=O)[C@H](C)NC1=O. The largest absolute Gasteiger partial charge is 0.507 e. The van der Waals surface area contributed by atoms with Gasteiger partial charge in [0.1, 0.15) is 35.4 Å². The third-order valence-electron chi connectivity index (χ3n) is 8.04. The molecule has 2 aromatic carbocycles. The molecule has 45 heavy (non-hydrogen) atoms. The zero-order chi connectivity index (χ0) is 32.1. The maximum atomic E-state index is 13.4. The van der Waals surface area contributed by atoms with Crippen LogP contribution in [0.5, 0.6) is 17.2 Å². The van der Waals surface area contributed by atoms with Crippen LogP contribution in [-0.2, 0) is 27.3 Å². The summed E-state index contributed by atoms with van der Waals surface area (Å²) in [6.45, 7) is 4.99. The maximum Gasteiger partial charge on any atom is 0.255 e. The van der Waals surface area contributed by atoms with Crippen molar-refractivity contribution in [3.8, 4) is 17.2 Å². The van der Waals surface area contributed by atoms with Crippen LogP contribution in [0.1, 0.15) is 80.0 Å². The van der Waals surface area contributed by atoms with Crippen LogP contribution in [0, 0.1) is 5.92 Å². The Morgan fingerprint density at radius 3 is 2.42 bits per heavy atom. The third kappa shape index (κ3) is 7.78. The molecule has 0 saturated heterocycles. The van der Waals surface area contributed by atoms with Crippen molar-refractivity contribution in [2.45, 2.75) is 83.5 Å². The highest BCUT2D eigenvalue weighted by Crippen LogP contribution is 2.33. The van der Waals surface area contributed by atoms with Crippen molar-refractivity contribution in [2.75, 3.05) is 0 Å². The van der Waals surface area contributed by atoms with Gasteiger partial charge in [-0.1, -0.05) is 44.0 Å². The molecule has 3 atom stereocenters. The van der Waals surface area contributed by atoms with Gasteiger partial charge in [0.25, 0.3) is 5.91 Å². The molecule has 5 N–H and O–H groups in total. The van der Waals surface area contributed by atoms with Gasteiger partial charge in [-0.25, -0.2) is 0 Å². The average Bonchev–Trinajstić information content (AvgIpc) is 3.72. The van der Waals surface area contributed by atoms with Crippen molar-refractivity contribution in [2.24, 2.45) is 5.92 Å². The smallest absolute Gasteiger partial charge is 0.255 e. The van der Waals surface area contributed by atoms with Crippen molar-refractivity contribution in [1.82, 2.24) is 31.4 Å². The van der Waals surface area contributed by atoms with Gasteiger partial charge in [0, 0.05) is 12.3 Å². The molecule has 4 bridgehead atoms. The number of carbonyl (C=O) groups excluding carboxylic acids is 4. The van der Waals surface area contributed by atoms with Crippen LogP contribution in [0.3, 0.4) is 0 Å². The van der Waals surface area contributed by atoms with Crippen LogP contribution >= 0.6 is 0 Å². The molecule has 1 saturated carbocycles. The van der Waals surface area contributed by atoms with E-state index in [0.717, 1.165) is 31.2 Å². The van der Waals surface area contributed by atoms with Crippen molar-refractivity contribution in [1.29, 1.82) is 0 Å². The summed E-state index contributed by atoms with van der Waals surface area (Å²) >= 11 is 0. The monoisotopic (exact) mass is 618 g/mol. The standard InChI is InChI=1S/C32H38N6O7/c1-17(2)27-31(43)34-18(3)28(40)35-24(30(42)33-16-26-36-32(45-38-26)20-6-4-5-7-20)14-19-8-10-21(11-9-19)44-22-12-13-25(39)23(15-22)29(41)37-27/h8-13,15,17-18,20,24,27,39H,4-7,14,16H2,1-3H3,(H,33,42)(H,34,43)(H,35,40)(H,37,41)/t18-,24-,27-/m0/s1. The number of carbonyl (C=O) groups is 4. The number of hydrogen-bond donors (Lipinski definition) is 5. The molecule has 6 rings (SSSR count). The minimum absolute atomic E-state index is 0.0187. The molecule has 4 amide bonds. The summed E-state index contributed by atoms with van der Waals surface area (Å²) in [4.78, 5) is 57.4. The number of hydrogen-bond acceptors (Lipinski definition) is 9. The summed E-state index contributed by atoms with van der Waals surface area (Å²) in [5.74, 6) is -1.06. The first-order valence-electron chi connectivity index (χ1n) is 15.2. The zero-order valence-electron chi connectivity index (χ0n) is 25.5. The molecule has 3 heterocycles. The van der Waals surface area contributed by atoms with E-state index in [2.05, 4.69) is 31.4 Å². The van der Waals surface area contributed by atoms with Crippen LogP contribution in [0.4, 0.5) is 0 Å². The topological polar surface area (TPSA) is 185 Å². The average molecular weight is 619 g/mol. The number of amides is 4. The second-order valence-electron chi connectivity index (χ2n) is 11.9. The first-order chi connectivity index (χ1) is 21.6. The second kappa shape index (κ2) is 13.8. The van der Waals surface area contributed by atoms with E-state index in [0.29, 0.717) is 23.2 Å². The van der Waals surface area contributed by atoms with Crippen LogP contribution in [-0.4, -0.2) is 57.0 Å². The Morgan fingerprint density at radius 1 is 1.00 bits per heavy atom. The normalized spacial score (nSPS) is 21.3. The molecule has 3 aliphatic rings. The summed E-state index contributed by atoms with van der Waals surface area (Å²) < 4.78 is 11.3. The van der Waals surface area contributed by atoms with E-state index >= 15 is 0 Å². The number of aromatic hydroxyl groups is 1. The molecule has 238 valence electrons. The van der Waals surface area contributed by atoms with Gasteiger partial charge in [-0.3, -0.25) is 19.2 Å². The Morgan fingerprint density at radius 2 is 1.71 bits per heavy atom. The van der Waals surface area contributed by atoms with Crippen LogP contribution in [0.15, 0.2) is 47.0 Å². The molecule has 0 spiro atoms. The number of phenols is 1. The lowest BCUT2D eigenvalue weighted by Gasteiger charge is -2.25. The summed E-state index contributed by atoms with van der Waals surface area (Å²) in [5.41, 5.74) is 0.660. The highest BCUT2D eigenvalue weighted by Gasteiger charge is 2.30. The summed E-state index contributed by atoms with van der Waals surface area (Å²) in [6, 6.07) is 8.08. The summed E-state index contributed by atoms with van der Waals surface area (Å²) in [6.07, 6.45) is 4.39. The highest BCUT2D eigenvalue weighted by atomic mass is 16.5. The first kappa shape index (κ1) is 31.5. The predicted molar refractivity (Wildman–Crippen MR) is 161 cm³/mol. The Kier molecular flexibility index (Phi) is 9.65. The minimum Gasteiger partial charge on any atom is -0.507 e. The quantitative estimate of drug-likeness (QED) is 0.268. The predicted octanol–water partition coefficient (Wildman–Crippen LogP) is 2.84. The Balaban J connectivity index is 1.38. The van der Waals surface area contributed by atoms with E-state index in [1.165, 1.54) is 25.1 Å². The molecular formula is C32H38N6O7. The molecule has 2 aliphatic heterocycles. The molecule has 13 nitrogen and oxygen atoms in total. The van der Waals surface area contributed by atoms with Gasteiger partial charge < -0.3 is 35.6 Å². The van der Waals surface area contributed by atoms with E-state index in [-0.39, 0.29) is 36.1 Å². The third-order valence-corrected chi connectivity index (χ3v) is 8.04. The molecule has 3 aromatic rings. The lowest BCUT2D eigenvalue weighted by atomic mass is 10.0. The van der Waals surface area contributed by atoms with E-state index in [1.54, 1.807) is 38.1 Å². The number of aromatic nitrogens is 2. The number of rotatable bonds is 5. The molecule has 0 unspecified atom stereocenters. The number of ether oxygens (including phenoxy) is 1. The van der Waals surface area contributed by atoms with Crippen LogP contribution < -0.4 is 26.0 Å². The fourth-order valence-corrected chi connectivity index (χ4v) is 5.42. The van der Waals surface area contributed by atoms with Gasteiger partial charge in [0.15, 0.2) is 5.82 Å². The number of nitrogens with one attached hydrogen (secondary N) is 4. The molecular weight excluding hydrogens is 580 g/mol. The molecule has 13 heteroatoms. The van der Waals surface area contributed by atoms with E-state index in [9.17, 15) is 24.3 Å². The number of benzene rings is 2. The van der Waals surface area contributed by atoms with E-state index in [4.69, 9.17) is 9.26 Å². The minimum atomic E-state index is -1.04. The van der Waals surface area contributed by atoms with Crippen molar-refractivity contribution in [3.05, 3.63) is 65.3 Å². The second-order valence-corrected chi connectivity index (χ2v) is 11.9. The van der Waals surface area contributed by atoms with E-state index in [1.807, 2.05) is 0 Å². The van der Waals surface area contributed by atoms with Gasteiger partial charge >= 0.3 is 0 Å². The highest BCUT2D eigenvalue weighted by molar-refractivity contribution is 6.00. The van der Waals surface area contributed by atoms with Crippen LogP contribution in [0.2, 0.25) is 0 Å². The molecule has 1 aliphatic carbocycles. The van der Waals surface area contributed by atoms with Crippen LogP contribution in [0.25, 0.3) is 0 Å². The number of fused-ring (bicyclic) bond motifs is 11. The first-order valence-corrected chi connectivity index (χ1v) is 15.2. The maximum absolute atomic E-state index is 13.4. The van der Waals surface area contributed by atoms with Crippen molar-refractivity contribution >= 4 is 23.6 Å². The lowest BCUT2D eigenvalue weighted by Crippen LogP contribution is -2.57. The Labute approximate surface area is 260 Å². The summed E-state index contributed by atoms with van der Waals surface area (Å²) in [7, 11) is 0. The fourth-order valence-electron chi connectivity index (χ4n) is 5.42. The Hall–Kier alpha value is -4.94. The van der Waals surface area contributed by atoms with Crippen molar-refractivity contribution < 1.29 is 33.5 Å². The summed E-state index contributed by atoms with van der Waals surface area (Å²) in [5, 5.41) is 25.2. The number of nitrogens with zero attached hydrogens (tertiary/aromatic N) is 2.